The highest BCUT2D eigenvalue weighted by Gasteiger charge is 2.31. The maximum absolute atomic E-state index is 9.48. The predicted molar refractivity (Wildman–Crippen MR) is 104 cm³/mol. The second-order valence-corrected chi connectivity index (χ2v) is 7.17. The van der Waals surface area contributed by atoms with Crippen LogP contribution in [0.4, 0.5) is 0 Å². The van der Waals surface area contributed by atoms with E-state index in [0.29, 0.717) is 24.0 Å². The smallest absolute Gasteiger partial charge is 0.216 e. The van der Waals surface area contributed by atoms with Gasteiger partial charge in [-0.2, -0.15) is 0 Å². The third-order valence-corrected chi connectivity index (χ3v) is 5.19. The molecule has 4 N–H and O–H groups in total. The van der Waals surface area contributed by atoms with Crippen molar-refractivity contribution in [2.75, 3.05) is 19.7 Å². The molecule has 0 unspecified atom stereocenters. The van der Waals surface area contributed by atoms with Crippen LogP contribution in [0, 0.1) is 5.41 Å². The third kappa shape index (κ3) is 5.32. The number of aliphatic imine (C=N–C) groups is 1. The molecule has 148 valence electrons. The highest BCUT2D eigenvalue weighted by molar-refractivity contribution is 5.79. The van der Waals surface area contributed by atoms with Crippen LogP contribution in [0.5, 0.6) is 0 Å². The van der Waals surface area contributed by atoms with Gasteiger partial charge in [-0.15, -0.1) is 5.10 Å². The van der Waals surface area contributed by atoms with E-state index < -0.39 is 0 Å². The van der Waals surface area contributed by atoms with Gasteiger partial charge in [0.2, 0.25) is 5.82 Å². The molecule has 0 amide bonds. The molecular weight excluding hydrogens is 344 g/mol. The fraction of sp³-hybridized carbons (Fsp3) is 0.632. The minimum Gasteiger partial charge on any atom is -0.461 e. The summed E-state index contributed by atoms with van der Waals surface area (Å²) < 4.78 is 5.31. The van der Waals surface area contributed by atoms with Crippen molar-refractivity contribution in [1.29, 1.82) is 0 Å². The summed E-state index contributed by atoms with van der Waals surface area (Å²) in [5, 5.41) is 23.3. The Balaban J connectivity index is 1.60. The molecular formula is C19H30N6O2. The van der Waals surface area contributed by atoms with Crippen LogP contribution in [0.25, 0.3) is 11.6 Å². The van der Waals surface area contributed by atoms with Crippen molar-refractivity contribution in [3.63, 3.8) is 0 Å². The van der Waals surface area contributed by atoms with Crippen LogP contribution in [0.15, 0.2) is 27.8 Å². The molecule has 0 atom stereocenters. The van der Waals surface area contributed by atoms with E-state index in [4.69, 9.17) is 4.42 Å². The molecule has 27 heavy (non-hydrogen) atoms. The average molecular weight is 374 g/mol. The number of aliphatic hydroxyl groups is 1. The summed E-state index contributed by atoms with van der Waals surface area (Å²) in [4.78, 5) is 9.04. The van der Waals surface area contributed by atoms with Gasteiger partial charge in [0.25, 0.3) is 0 Å². The van der Waals surface area contributed by atoms with E-state index in [1.54, 1.807) is 6.26 Å². The number of nitrogens with zero attached hydrogens (tertiary/aromatic N) is 3. The summed E-state index contributed by atoms with van der Waals surface area (Å²) in [6.45, 7) is 4.30. The first-order valence-electron chi connectivity index (χ1n) is 9.83. The fourth-order valence-corrected chi connectivity index (χ4v) is 3.70. The van der Waals surface area contributed by atoms with Crippen LogP contribution in [0.3, 0.4) is 0 Å². The Morgan fingerprint density at radius 1 is 1.33 bits per heavy atom. The number of nitrogens with one attached hydrogen (secondary N) is 3. The summed E-state index contributed by atoms with van der Waals surface area (Å²) in [5.41, 5.74) is 0.169. The summed E-state index contributed by atoms with van der Waals surface area (Å²) in [6.07, 6.45) is 8.54. The third-order valence-electron chi connectivity index (χ3n) is 5.19. The van der Waals surface area contributed by atoms with Gasteiger partial charge in [0.05, 0.1) is 6.26 Å². The van der Waals surface area contributed by atoms with Crippen LogP contribution in [-0.4, -0.2) is 45.9 Å². The number of furan rings is 1. The van der Waals surface area contributed by atoms with Gasteiger partial charge in [0, 0.05) is 19.7 Å². The lowest BCUT2D eigenvalue weighted by Gasteiger charge is -2.37. The molecule has 8 heteroatoms. The Kier molecular flexibility index (Phi) is 6.86. The largest absolute Gasteiger partial charge is 0.461 e. The van der Waals surface area contributed by atoms with E-state index in [1.165, 1.54) is 19.3 Å². The van der Waals surface area contributed by atoms with Gasteiger partial charge in [0.1, 0.15) is 12.4 Å². The molecule has 0 aromatic carbocycles. The number of aliphatic hydroxyl groups excluding tert-OH is 1. The van der Waals surface area contributed by atoms with Gasteiger partial charge in [-0.1, -0.05) is 19.3 Å². The summed E-state index contributed by atoms with van der Waals surface area (Å²) in [7, 11) is 0. The van der Waals surface area contributed by atoms with E-state index in [-0.39, 0.29) is 12.0 Å². The minimum atomic E-state index is 0.169. The number of rotatable bonds is 8. The zero-order valence-electron chi connectivity index (χ0n) is 16.0. The predicted octanol–water partition coefficient (Wildman–Crippen LogP) is 2.45. The molecule has 1 aliphatic rings. The Bertz CT molecular complexity index is 698. The number of aromatic amines is 1. The number of hydrogen-bond acceptors (Lipinski definition) is 5. The standard InChI is InChI=1S/C19H30N6O2/c1-2-20-18(22-14-19(10-11-26)8-4-3-5-9-19)21-13-16-23-17(25-24-16)15-7-6-12-27-15/h6-7,12,26H,2-5,8-11,13-14H2,1H3,(H2,20,21,22)(H,23,24,25). The van der Waals surface area contributed by atoms with E-state index in [1.807, 2.05) is 19.1 Å². The van der Waals surface area contributed by atoms with Crippen LogP contribution < -0.4 is 10.6 Å². The van der Waals surface area contributed by atoms with E-state index in [0.717, 1.165) is 38.3 Å². The molecule has 0 bridgehead atoms. The quantitative estimate of drug-likeness (QED) is 0.417. The normalized spacial score (nSPS) is 17.0. The van der Waals surface area contributed by atoms with Crippen molar-refractivity contribution in [1.82, 2.24) is 25.8 Å². The van der Waals surface area contributed by atoms with Crippen LogP contribution >= 0.6 is 0 Å². The first-order valence-corrected chi connectivity index (χ1v) is 9.83. The summed E-state index contributed by atoms with van der Waals surface area (Å²) in [6, 6.07) is 3.64. The molecule has 0 radical (unpaired) electrons. The van der Waals surface area contributed by atoms with Crippen molar-refractivity contribution in [3.8, 4) is 11.6 Å². The molecule has 0 saturated heterocycles. The monoisotopic (exact) mass is 374 g/mol. The molecule has 2 aromatic heterocycles. The van der Waals surface area contributed by atoms with Crippen LogP contribution in [0.1, 0.15) is 51.3 Å². The van der Waals surface area contributed by atoms with Gasteiger partial charge < -0.3 is 20.2 Å². The second-order valence-electron chi connectivity index (χ2n) is 7.17. The zero-order valence-corrected chi connectivity index (χ0v) is 16.0. The lowest BCUT2D eigenvalue weighted by molar-refractivity contribution is 0.131. The SMILES string of the molecule is CCNC(=NCc1nc(-c2ccco2)n[nH]1)NCC1(CCO)CCCCC1. The first-order chi connectivity index (χ1) is 13.2. The molecule has 0 spiro atoms. The highest BCUT2D eigenvalue weighted by atomic mass is 16.3. The van der Waals surface area contributed by atoms with Gasteiger partial charge in [0.15, 0.2) is 11.7 Å². The molecule has 2 heterocycles. The van der Waals surface area contributed by atoms with Gasteiger partial charge in [-0.3, -0.25) is 5.10 Å². The van der Waals surface area contributed by atoms with Gasteiger partial charge in [-0.05, 0) is 43.7 Å². The van der Waals surface area contributed by atoms with Crippen molar-refractivity contribution in [2.24, 2.45) is 10.4 Å². The van der Waals surface area contributed by atoms with E-state index >= 15 is 0 Å². The molecule has 1 saturated carbocycles. The minimum absolute atomic E-state index is 0.169. The van der Waals surface area contributed by atoms with Crippen LogP contribution in [0.2, 0.25) is 0 Å². The Hall–Kier alpha value is -2.35. The first kappa shape index (κ1) is 19.4. The summed E-state index contributed by atoms with van der Waals surface area (Å²) >= 11 is 0. The van der Waals surface area contributed by atoms with Crippen molar-refractivity contribution in [2.45, 2.75) is 52.0 Å². The molecule has 1 fully saturated rings. The Labute approximate surface area is 159 Å². The highest BCUT2D eigenvalue weighted by Crippen LogP contribution is 2.38. The topological polar surface area (TPSA) is 111 Å². The van der Waals surface area contributed by atoms with Crippen LogP contribution in [-0.2, 0) is 6.54 Å². The van der Waals surface area contributed by atoms with Crippen molar-refractivity contribution in [3.05, 3.63) is 24.2 Å². The molecule has 1 aliphatic carbocycles. The van der Waals surface area contributed by atoms with Gasteiger partial charge in [-0.25, -0.2) is 9.98 Å². The molecule has 2 aromatic rings. The summed E-state index contributed by atoms with van der Waals surface area (Å²) in [5.74, 6) is 2.61. The maximum Gasteiger partial charge on any atom is 0.216 e. The fourth-order valence-electron chi connectivity index (χ4n) is 3.70. The lowest BCUT2D eigenvalue weighted by atomic mass is 9.72. The average Bonchev–Trinajstić information content (AvgIpc) is 3.36. The molecule has 8 nitrogen and oxygen atoms in total. The Morgan fingerprint density at radius 2 is 2.19 bits per heavy atom. The van der Waals surface area contributed by atoms with E-state index in [9.17, 15) is 5.11 Å². The zero-order chi connectivity index (χ0) is 19.0. The van der Waals surface area contributed by atoms with Gasteiger partial charge >= 0.3 is 0 Å². The Morgan fingerprint density at radius 3 is 2.89 bits per heavy atom. The van der Waals surface area contributed by atoms with E-state index in [2.05, 4.69) is 30.8 Å². The molecule has 3 rings (SSSR count). The second kappa shape index (κ2) is 9.55. The number of aromatic nitrogens is 3. The van der Waals surface area contributed by atoms with Crippen molar-refractivity contribution >= 4 is 5.96 Å². The maximum atomic E-state index is 9.48. The number of hydrogen-bond donors (Lipinski definition) is 4. The number of H-pyrrole nitrogens is 1. The number of guanidine groups is 1. The van der Waals surface area contributed by atoms with Crippen molar-refractivity contribution < 1.29 is 9.52 Å². The molecule has 0 aliphatic heterocycles. The lowest BCUT2D eigenvalue weighted by Crippen LogP contribution is -2.45.